The molecule has 0 aromatic carbocycles. The lowest BCUT2D eigenvalue weighted by Crippen LogP contribution is -2.37. The van der Waals surface area contributed by atoms with Gasteiger partial charge in [-0.25, -0.2) is 0 Å². The minimum atomic E-state index is -0.492. The van der Waals surface area contributed by atoms with Crippen molar-refractivity contribution >= 4 is 0 Å². The van der Waals surface area contributed by atoms with E-state index in [-0.39, 0.29) is 12.0 Å². The molecular formula is C11H24N2O2. The molecule has 0 bridgehead atoms. The Morgan fingerprint density at radius 3 is 2.53 bits per heavy atom. The van der Waals surface area contributed by atoms with Crippen LogP contribution < -0.4 is 5.73 Å². The summed E-state index contributed by atoms with van der Waals surface area (Å²) >= 11 is 0. The molecule has 0 aromatic rings. The Labute approximate surface area is 92.1 Å². The van der Waals surface area contributed by atoms with Crippen LogP contribution in [-0.2, 0) is 0 Å². The standard InChI is InChI=1S/C11H24N2O2/c1-3-9(12)6-5-8-7-10(14)13(4-2)11(8)15/h8-11,14-15H,3-7,12H2,1-2H3/t8?,9-,10?,11-/m0/s1. The maximum Gasteiger partial charge on any atom is 0.112 e. The molecule has 1 heterocycles. The summed E-state index contributed by atoms with van der Waals surface area (Å²) in [6, 6.07) is 0.227. The Morgan fingerprint density at radius 1 is 1.40 bits per heavy atom. The minimum absolute atomic E-state index is 0.178. The van der Waals surface area contributed by atoms with Crippen LogP contribution >= 0.6 is 0 Å². The van der Waals surface area contributed by atoms with Gasteiger partial charge >= 0.3 is 0 Å². The summed E-state index contributed by atoms with van der Waals surface area (Å²) < 4.78 is 0. The molecule has 1 saturated heterocycles. The van der Waals surface area contributed by atoms with E-state index in [1.165, 1.54) is 0 Å². The largest absolute Gasteiger partial charge is 0.378 e. The van der Waals surface area contributed by atoms with Gasteiger partial charge in [0, 0.05) is 18.5 Å². The molecule has 0 aromatic heterocycles. The predicted octanol–water partition coefficient (Wildman–Crippen LogP) is 0.482. The van der Waals surface area contributed by atoms with Crippen LogP contribution in [0, 0.1) is 5.92 Å². The van der Waals surface area contributed by atoms with Crippen molar-refractivity contribution in [3.63, 3.8) is 0 Å². The molecular weight excluding hydrogens is 192 g/mol. The molecule has 1 aliphatic heterocycles. The molecule has 4 atom stereocenters. The first-order valence-corrected chi connectivity index (χ1v) is 5.97. The van der Waals surface area contributed by atoms with E-state index in [2.05, 4.69) is 6.92 Å². The van der Waals surface area contributed by atoms with E-state index in [1.807, 2.05) is 6.92 Å². The van der Waals surface area contributed by atoms with Crippen LogP contribution in [0.15, 0.2) is 0 Å². The second-order valence-electron chi connectivity index (χ2n) is 4.47. The molecule has 1 aliphatic rings. The van der Waals surface area contributed by atoms with Gasteiger partial charge in [-0.05, 0) is 25.7 Å². The normalized spacial score (nSPS) is 34.6. The molecule has 0 amide bonds. The van der Waals surface area contributed by atoms with Crippen LogP contribution in [0.3, 0.4) is 0 Å². The molecule has 2 unspecified atom stereocenters. The van der Waals surface area contributed by atoms with Crippen molar-refractivity contribution in [3.8, 4) is 0 Å². The van der Waals surface area contributed by atoms with E-state index in [1.54, 1.807) is 4.90 Å². The zero-order valence-corrected chi connectivity index (χ0v) is 9.76. The van der Waals surface area contributed by atoms with Crippen LogP contribution in [0.1, 0.15) is 39.5 Å². The first-order chi connectivity index (χ1) is 7.10. The maximum absolute atomic E-state index is 9.93. The molecule has 90 valence electrons. The van der Waals surface area contributed by atoms with Gasteiger partial charge < -0.3 is 15.9 Å². The highest BCUT2D eigenvalue weighted by Gasteiger charge is 2.37. The molecule has 1 fully saturated rings. The first-order valence-electron chi connectivity index (χ1n) is 5.97. The summed E-state index contributed by atoms with van der Waals surface area (Å²) in [5.41, 5.74) is 5.84. The Bertz CT molecular complexity index is 189. The van der Waals surface area contributed by atoms with Gasteiger partial charge in [-0.2, -0.15) is 0 Å². The third kappa shape index (κ3) is 3.14. The highest BCUT2D eigenvalue weighted by Crippen LogP contribution is 2.30. The van der Waals surface area contributed by atoms with Crippen LogP contribution in [0.5, 0.6) is 0 Å². The Morgan fingerprint density at radius 2 is 2.07 bits per heavy atom. The summed E-state index contributed by atoms with van der Waals surface area (Å²) in [6.45, 7) is 4.72. The summed E-state index contributed by atoms with van der Waals surface area (Å²) in [7, 11) is 0. The van der Waals surface area contributed by atoms with Crippen molar-refractivity contribution in [2.24, 2.45) is 11.7 Å². The highest BCUT2D eigenvalue weighted by atomic mass is 16.3. The predicted molar refractivity (Wildman–Crippen MR) is 60.0 cm³/mol. The van der Waals surface area contributed by atoms with Crippen molar-refractivity contribution in [2.45, 2.75) is 58.0 Å². The van der Waals surface area contributed by atoms with Crippen molar-refractivity contribution in [1.29, 1.82) is 0 Å². The number of nitrogens with two attached hydrogens (primary N) is 1. The van der Waals surface area contributed by atoms with Crippen molar-refractivity contribution in [2.75, 3.05) is 6.54 Å². The van der Waals surface area contributed by atoms with Crippen LogP contribution in [-0.4, -0.2) is 40.2 Å². The quantitative estimate of drug-likeness (QED) is 0.625. The molecule has 4 nitrogen and oxygen atoms in total. The van der Waals surface area contributed by atoms with Gasteiger partial charge in [-0.3, -0.25) is 4.90 Å². The number of aliphatic hydroxyl groups excluding tert-OH is 2. The maximum atomic E-state index is 9.93. The topological polar surface area (TPSA) is 69.7 Å². The van der Waals surface area contributed by atoms with E-state index in [4.69, 9.17) is 5.73 Å². The Balaban J connectivity index is 2.37. The Kier molecular flexibility index (Phi) is 4.99. The van der Waals surface area contributed by atoms with Gasteiger partial charge in [0.15, 0.2) is 0 Å². The lowest BCUT2D eigenvalue weighted by molar-refractivity contribution is -0.0590. The van der Waals surface area contributed by atoms with E-state index >= 15 is 0 Å². The van der Waals surface area contributed by atoms with Crippen molar-refractivity contribution < 1.29 is 10.2 Å². The van der Waals surface area contributed by atoms with Gasteiger partial charge in [0.05, 0.1) is 0 Å². The van der Waals surface area contributed by atoms with E-state index in [0.29, 0.717) is 13.0 Å². The number of likely N-dealkylation sites (tertiary alicyclic amines) is 1. The van der Waals surface area contributed by atoms with Crippen molar-refractivity contribution in [1.82, 2.24) is 4.90 Å². The van der Waals surface area contributed by atoms with Gasteiger partial charge in [0.25, 0.3) is 0 Å². The van der Waals surface area contributed by atoms with Gasteiger partial charge in [0.2, 0.25) is 0 Å². The zero-order chi connectivity index (χ0) is 11.4. The van der Waals surface area contributed by atoms with Gasteiger partial charge in [-0.15, -0.1) is 0 Å². The average Bonchev–Trinajstić information content (AvgIpc) is 2.50. The molecule has 0 saturated carbocycles. The lowest BCUT2D eigenvalue weighted by atomic mass is 9.97. The number of rotatable bonds is 5. The smallest absolute Gasteiger partial charge is 0.112 e. The lowest BCUT2D eigenvalue weighted by Gasteiger charge is -2.23. The monoisotopic (exact) mass is 216 g/mol. The summed E-state index contributed by atoms with van der Waals surface area (Å²) in [6.07, 6.45) is 2.52. The van der Waals surface area contributed by atoms with E-state index in [9.17, 15) is 10.2 Å². The number of aliphatic hydroxyl groups is 2. The first kappa shape index (κ1) is 12.9. The second kappa shape index (κ2) is 5.80. The van der Waals surface area contributed by atoms with Gasteiger partial charge in [0.1, 0.15) is 12.5 Å². The SMILES string of the molecule is CC[C@H](N)CCC1CC(O)N(CC)[C@H]1O. The second-order valence-corrected chi connectivity index (χ2v) is 4.47. The molecule has 4 heteroatoms. The average molecular weight is 216 g/mol. The van der Waals surface area contributed by atoms with Crippen LogP contribution in [0.25, 0.3) is 0 Å². The summed E-state index contributed by atoms with van der Waals surface area (Å²) in [5.74, 6) is 0.178. The third-order valence-electron chi connectivity index (χ3n) is 3.46. The number of hydrogen-bond acceptors (Lipinski definition) is 4. The fourth-order valence-electron chi connectivity index (χ4n) is 2.27. The molecule has 0 aliphatic carbocycles. The molecule has 1 rings (SSSR count). The fourth-order valence-corrected chi connectivity index (χ4v) is 2.27. The molecule has 0 radical (unpaired) electrons. The van der Waals surface area contributed by atoms with Crippen LogP contribution in [0.2, 0.25) is 0 Å². The van der Waals surface area contributed by atoms with Crippen LogP contribution in [0.4, 0.5) is 0 Å². The molecule has 4 N–H and O–H groups in total. The molecule has 15 heavy (non-hydrogen) atoms. The zero-order valence-electron chi connectivity index (χ0n) is 9.76. The highest BCUT2D eigenvalue weighted by molar-refractivity contribution is 4.82. The summed E-state index contributed by atoms with van der Waals surface area (Å²) in [4.78, 5) is 1.74. The van der Waals surface area contributed by atoms with Crippen molar-refractivity contribution in [3.05, 3.63) is 0 Å². The van der Waals surface area contributed by atoms with Gasteiger partial charge in [-0.1, -0.05) is 13.8 Å². The minimum Gasteiger partial charge on any atom is -0.378 e. The van der Waals surface area contributed by atoms with E-state index in [0.717, 1.165) is 19.3 Å². The molecule has 0 spiro atoms. The van der Waals surface area contributed by atoms with E-state index < -0.39 is 12.5 Å². The fraction of sp³-hybridized carbons (Fsp3) is 1.00. The number of nitrogens with zero attached hydrogens (tertiary/aromatic N) is 1. The Hall–Kier alpha value is -0.160. The summed E-state index contributed by atoms with van der Waals surface area (Å²) in [5, 5.41) is 19.6. The number of hydrogen-bond donors (Lipinski definition) is 3. The third-order valence-corrected chi connectivity index (χ3v) is 3.46.